The summed E-state index contributed by atoms with van der Waals surface area (Å²) >= 11 is 1.53. The zero-order valence-corrected chi connectivity index (χ0v) is 21.1. The summed E-state index contributed by atoms with van der Waals surface area (Å²) in [7, 11) is -0.288. The van der Waals surface area contributed by atoms with Crippen LogP contribution in [0.2, 0.25) is 0 Å². The highest BCUT2D eigenvalue weighted by molar-refractivity contribution is 7.85. The molecule has 9 heteroatoms. The first-order valence-electron chi connectivity index (χ1n) is 10.7. The van der Waals surface area contributed by atoms with Crippen LogP contribution >= 0.6 is 11.3 Å². The molecule has 0 saturated carbocycles. The Morgan fingerprint density at radius 1 is 0.829 bits per heavy atom. The summed E-state index contributed by atoms with van der Waals surface area (Å²) < 4.78 is 43.9. The maximum Gasteiger partial charge on any atom is 0.264 e. The Kier molecular flexibility index (Phi) is 7.39. The third kappa shape index (κ3) is 5.82. The number of hydrogen-bond donors (Lipinski definition) is 0. The third-order valence-corrected chi connectivity index (χ3v) is 7.04. The van der Waals surface area contributed by atoms with Crippen LogP contribution < -0.4 is 14.2 Å². The molecule has 0 aliphatic carbocycles. The van der Waals surface area contributed by atoms with Crippen molar-refractivity contribution in [1.29, 1.82) is 0 Å². The molecule has 0 bridgehead atoms. The molecule has 35 heavy (non-hydrogen) atoms. The zero-order chi connectivity index (χ0) is 25.0. The van der Waals surface area contributed by atoms with E-state index in [1.807, 2.05) is 42.5 Å². The van der Waals surface area contributed by atoms with Crippen LogP contribution in [0.15, 0.2) is 66.7 Å². The molecule has 0 atom stereocenters. The van der Waals surface area contributed by atoms with E-state index < -0.39 is 10.1 Å². The first-order valence-corrected chi connectivity index (χ1v) is 13.3. The van der Waals surface area contributed by atoms with Crippen molar-refractivity contribution >= 4 is 37.3 Å². The molecule has 0 amide bonds. The molecule has 0 N–H and O–H groups in total. The van der Waals surface area contributed by atoms with Crippen LogP contribution in [0.25, 0.3) is 20.5 Å². The average molecular weight is 513 g/mol. The van der Waals surface area contributed by atoms with Crippen LogP contribution in [0.1, 0.15) is 15.9 Å². The van der Waals surface area contributed by atoms with E-state index in [4.69, 9.17) is 14.2 Å². The Labute approximate surface area is 208 Å². The van der Waals surface area contributed by atoms with E-state index >= 15 is 0 Å². The molecule has 0 fully saturated rings. The number of carbonyl (C=O) groups is 1. The van der Waals surface area contributed by atoms with Crippen LogP contribution in [0.5, 0.6) is 17.2 Å². The van der Waals surface area contributed by atoms with Crippen molar-refractivity contribution in [2.24, 2.45) is 0 Å². The Hall–Kier alpha value is -3.40. The number of carbonyl (C=O) groups excluding carboxylic acids is 1. The minimum Gasteiger partial charge on any atom is -0.497 e. The predicted octanol–water partition coefficient (Wildman–Crippen LogP) is 5.17. The van der Waals surface area contributed by atoms with Gasteiger partial charge in [-0.15, -0.1) is 11.3 Å². The number of benzene rings is 3. The van der Waals surface area contributed by atoms with Crippen molar-refractivity contribution in [3.63, 3.8) is 0 Å². The molecule has 1 aromatic heterocycles. The van der Waals surface area contributed by atoms with Crippen molar-refractivity contribution in [3.05, 3.63) is 77.9 Å². The van der Waals surface area contributed by atoms with Gasteiger partial charge in [0, 0.05) is 26.1 Å². The number of ether oxygens (including phenoxy) is 3. The van der Waals surface area contributed by atoms with Crippen LogP contribution in [-0.4, -0.2) is 47.9 Å². The van der Waals surface area contributed by atoms with Gasteiger partial charge in [-0.1, -0.05) is 0 Å². The lowest BCUT2D eigenvalue weighted by Gasteiger charge is -2.08. The summed E-state index contributed by atoms with van der Waals surface area (Å²) in [5, 5.41) is 0.852. The highest BCUT2D eigenvalue weighted by atomic mass is 32.2. The van der Waals surface area contributed by atoms with Gasteiger partial charge in [-0.25, -0.2) is 0 Å². The molecule has 0 unspecified atom stereocenters. The van der Waals surface area contributed by atoms with Gasteiger partial charge in [0.1, 0.15) is 30.5 Å². The second-order valence-electron chi connectivity index (χ2n) is 7.62. The lowest BCUT2D eigenvalue weighted by atomic mass is 9.97. The van der Waals surface area contributed by atoms with E-state index in [1.54, 1.807) is 38.5 Å². The van der Waals surface area contributed by atoms with Crippen molar-refractivity contribution in [3.8, 4) is 27.7 Å². The Morgan fingerprint density at radius 3 is 2.09 bits per heavy atom. The van der Waals surface area contributed by atoms with E-state index in [-0.39, 0.29) is 19.0 Å². The SMILES string of the molecule is COc1ccc(-c2sc3cc(OC)ccc3c2C(=O)c2ccc(OCCOS(C)(=O)=O)cc2)cc1. The first kappa shape index (κ1) is 24.7. The molecule has 0 saturated heterocycles. The number of fused-ring (bicyclic) bond motifs is 1. The van der Waals surface area contributed by atoms with Crippen LogP contribution in [0.4, 0.5) is 0 Å². The summed E-state index contributed by atoms with van der Waals surface area (Å²) in [5.74, 6) is 1.86. The van der Waals surface area contributed by atoms with Gasteiger partial charge in [0.2, 0.25) is 0 Å². The van der Waals surface area contributed by atoms with E-state index in [9.17, 15) is 13.2 Å². The monoisotopic (exact) mass is 512 g/mol. The fraction of sp³-hybridized carbons (Fsp3) is 0.192. The Bertz CT molecular complexity index is 1440. The number of hydrogen-bond acceptors (Lipinski definition) is 8. The normalized spacial score (nSPS) is 11.4. The highest BCUT2D eigenvalue weighted by Gasteiger charge is 2.22. The van der Waals surface area contributed by atoms with Gasteiger partial charge in [-0.3, -0.25) is 8.98 Å². The fourth-order valence-corrected chi connectivity index (χ4v) is 5.17. The summed E-state index contributed by atoms with van der Waals surface area (Å²) in [6.07, 6.45) is 0.984. The molecular formula is C26H24O7S2. The van der Waals surface area contributed by atoms with Crippen LogP contribution in [0.3, 0.4) is 0 Å². The molecule has 4 aromatic rings. The summed E-state index contributed by atoms with van der Waals surface area (Å²) in [6, 6.07) is 20.0. The number of thiophene rings is 1. The Morgan fingerprint density at radius 2 is 1.46 bits per heavy atom. The second kappa shape index (κ2) is 10.5. The third-order valence-electron chi connectivity index (χ3n) is 5.24. The van der Waals surface area contributed by atoms with Crippen molar-refractivity contribution in [2.75, 3.05) is 33.7 Å². The predicted molar refractivity (Wildman–Crippen MR) is 137 cm³/mol. The second-order valence-corrected chi connectivity index (χ2v) is 10.3. The van der Waals surface area contributed by atoms with Gasteiger partial charge >= 0.3 is 0 Å². The standard InChI is InChI=1S/C26H24O7S2/c1-30-19-8-6-18(7-9-19)26-24(22-13-12-21(31-2)16-23(22)34-26)25(27)17-4-10-20(11-5-17)32-14-15-33-35(3,28)29/h4-13,16H,14-15H2,1-3H3. The Balaban J connectivity index is 1.65. The first-order chi connectivity index (χ1) is 16.8. The highest BCUT2D eigenvalue weighted by Crippen LogP contribution is 2.41. The topological polar surface area (TPSA) is 88.1 Å². The number of rotatable bonds is 10. The molecule has 0 aliphatic heterocycles. The lowest BCUT2D eigenvalue weighted by Crippen LogP contribution is -2.11. The van der Waals surface area contributed by atoms with Gasteiger partial charge in [0.15, 0.2) is 5.78 Å². The molecule has 3 aromatic carbocycles. The molecule has 7 nitrogen and oxygen atoms in total. The largest absolute Gasteiger partial charge is 0.497 e. The van der Waals surface area contributed by atoms with Crippen LogP contribution in [0, 0.1) is 0 Å². The quantitative estimate of drug-likeness (QED) is 0.165. The van der Waals surface area contributed by atoms with Crippen LogP contribution in [-0.2, 0) is 14.3 Å². The number of methoxy groups -OCH3 is 2. The average Bonchev–Trinajstić information content (AvgIpc) is 3.24. The lowest BCUT2D eigenvalue weighted by molar-refractivity contribution is 0.104. The van der Waals surface area contributed by atoms with Gasteiger partial charge in [0.25, 0.3) is 10.1 Å². The summed E-state index contributed by atoms with van der Waals surface area (Å²) in [6.45, 7) is -0.0198. The fourth-order valence-electron chi connectivity index (χ4n) is 3.57. The van der Waals surface area contributed by atoms with Gasteiger partial charge in [0.05, 0.1) is 20.5 Å². The molecule has 0 spiro atoms. The van der Waals surface area contributed by atoms with E-state index in [2.05, 4.69) is 4.18 Å². The molecule has 0 radical (unpaired) electrons. The van der Waals surface area contributed by atoms with E-state index in [1.165, 1.54) is 11.3 Å². The van der Waals surface area contributed by atoms with Crippen molar-refractivity contribution < 1.29 is 31.6 Å². The van der Waals surface area contributed by atoms with E-state index in [0.29, 0.717) is 16.9 Å². The van der Waals surface area contributed by atoms with Gasteiger partial charge < -0.3 is 14.2 Å². The van der Waals surface area contributed by atoms with Gasteiger partial charge in [-0.2, -0.15) is 8.42 Å². The zero-order valence-electron chi connectivity index (χ0n) is 19.4. The maximum absolute atomic E-state index is 13.7. The van der Waals surface area contributed by atoms with Crippen molar-refractivity contribution in [1.82, 2.24) is 0 Å². The minimum atomic E-state index is -3.51. The maximum atomic E-state index is 13.7. The molecule has 1 heterocycles. The molecule has 182 valence electrons. The molecular weight excluding hydrogens is 488 g/mol. The minimum absolute atomic E-state index is 0.0684. The summed E-state index contributed by atoms with van der Waals surface area (Å²) in [4.78, 5) is 14.6. The number of ketones is 1. The smallest absolute Gasteiger partial charge is 0.264 e. The van der Waals surface area contributed by atoms with Crippen molar-refractivity contribution in [2.45, 2.75) is 0 Å². The van der Waals surface area contributed by atoms with E-state index in [0.717, 1.165) is 38.3 Å². The van der Waals surface area contributed by atoms with Gasteiger partial charge in [-0.05, 0) is 72.3 Å². The molecule has 4 rings (SSSR count). The molecule has 0 aliphatic rings. The summed E-state index contributed by atoms with van der Waals surface area (Å²) in [5.41, 5.74) is 2.04.